The Hall–Kier alpha value is -2.88. The summed E-state index contributed by atoms with van der Waals surface area (Å²) in [5.41, 5.74) is 0.428. The summed E-state index contributed by atoms with van der Waals surface area (Å²) in [7, 11) is 1.33. The number of carbonyl (C=O) groups excluding carboxylic acids is 1. The largest absolute Gasteiger partial charge is 0.492 e. The first-order valence-electron chi connectivity index (χ1n) is 5.83. The van der Waals surface area contributed by atoms with Gasteiger partial charge in [0.05, 0.1) is 19.2 Å². The van der Waals surface area contributed by atoms with Crippen LogP contribution in [0.15, 0.2) is 30.6 Å². The Balaban J connectivity index is 1.91. The van der Waals surface area contributed by atoms with Crippen LogP contribution in [0.2, 0.25) is 0 Å². The Morgan fingerprint density at radius 3 is 3.05 bits per heavy atom. The third-order valence-corrected chi connectivity index (χ3v) is 2.48. The van der Waals surface area contributed by atoms with Crippen molar-refractivity contribution in [2.75, 3.05) is 13.7 Å². The summed E-state index contributed by atoms with van der Waals surface area (Å²) >= 11 is 0. The molecule has 2 rings (SSSR count). The van der Waals surface area contributed by atoms with Crippen LogP contribution in [0, 0.1) is 11.3 Å². The molecule has 0 aliphatic rings. The van der Waals surface area contributed by atoms with Gasteiger partial charge in [-0.15, -0.1) is 5.10 Å². The lowest BCUT2D eigenvalue weighted by Gasteiger charge is -2.07. The number of carbonyl (C=O) groups is 1. The van der Waals surface area contributed by atoms with Crippen molar-refractivity contribution < 1.29 is 14.3 Å². The van der Waals surface area contributed by atoms with E-state index in [1.54, 1.807) is 24.3 Å². The molecule has 0 bridgehead atoms. The maximum absolute atomic E-state index is 11.4. The molecular formula is C13H12N4O3. The molecule has 2 aromatic rings. The van der Waals surface area contributed by atoms with E-state index in [1.165, 1.54) is 18.1 Å². The summed E-state index contributed by atoms with van der Waals surface area (Å²) in [4.78, 5) is 15.1. The lowest BCUT2D eigenvalue weighted by molar-refractivity contribution is 0.0600. The zero-order valence-corrected chi connectivity index (χ0v) is 10.8. The number of ether oxygens (including phenoxy) is 2. The third kappa shape index (κ3) is 3.32. The highest BCUT2D eigenvalue weighted by Crippen LogP contribution is 2.14. The number of esters is 1. The summed E-state index contributed by atoms with van der Waals surface area (Å²) in [5, 5.41) is 12.5. The van der Waals surface area contributed by atoms with Gasteiger partial charge < -0.3 is 9.47 Å². The van der Waals surface area contributed by atoms with Crippen molar-refractivity contribution in [3.05, 3.63) is 42.0 Å². The van der Waals surface area contributed by atoms with Gasteiger partial charge in [0.15, 0.2) is 0 Å². The molecule has 0 spiro atoms. The number of hydrogen-bond acceptors (Lipinski definition) is 6. The van der Waals surface area contributed by atoms with E-state index in [0.29, 0.717) is 24.5 Å². The van der Waals surface area contributed by atoms with Crippen LogP contribution in [0.4, 0.5) is 0 Å². The summed E-state index contributed by atoms with van der Waals surface area (Å²) < 4.78 is 11.7. The fourth-order valence-corrected chi connectivity index (χ4v) is 1.54. The van der Waals surface area contributed by atoms with E-state index in [1.807, 2.05) is 6.07 Å². The standard InChI is InChI=1S/C13H12N4O3/c1-19-13(18)10-3-2-4-11(7-10)20-6-5-17-9-15-12(8-14)16-17/h2-4,7,9H,5-6H2,1H3. The monoisotopic (exact) mass is 272 g/mol. The molecule has 0 N–H and O–H groups in total. The molecule has 7 nitrogen and oxygen atoms in total. The molecule has 0 unspecified atom stereocenters. The topological polar surface area (TPSA) is 90.0 Å². The van der Waals surface area contributed by atoms with Crippen molar-refractivity contribution in [3.8, 4) is 11.8 Å². The fourth-order valence-electron chi connectivity index (χ4n) is 1.54. The molecule has 1 heterocycles. The number of methoxy groups -OCH3 is 1. The van der Waals surface area contributed by atoms with Gasteiger partial charge in [0, 0.05) is 0 Å². The number of nitriles is 1. The predicted octanol–water partition coefficient (Wildman–Crippen LogP) is 1.02. The van der Waals surface area contributed by atoms with Crippen LogP contribution >= 0.6 is 0 Å². The van der Waals surface area contributed by atoms with E-state index in [4.69, 9.17) is 10.00 Å². The molecule has 7 heteroatoms. The van der Waals surface area contributed by atoms with Crippen molar-refractivity contribution in [1.82, 2.24) is 14.8 Å². The molecule has 1 aromatic carbocycles. The number of benzene rings is 1. The Labute approximate surface area is 115 Å². The van der Waals surface area contributed by atoms with Gasteiger partial charge in [-0.1, -0.05) is 6.07 Å². The van der Waals surface area contributed by atoms with Gasteiger partial charge in [0.25, 0.3) is 5.82 Å². The van der Waals surface area contributed by atoms with E-state index in [2.05, 4.69) is 14.8 Å². The van der Waals surface area contributed by atoms with Gasteiger partial charge in [-0.25, -0.2) is 14.5 Å². The number of aromatic nitrogens is 3. The fraction of sp³-hybridized carbons (Fsp3) is 0.231. The van der Waals surface area contributed by atoms with Crippen LogP contribution in [0.5, 0.6) is 5.75 Å². The average molecular weight is 272 g/mol. The molecule has 0 aliphatic heterocycles. The molecule has 0 aliphatic carbocycles. The Bertz CT molecular complexity index is 645. The first-order valence-corrected chi connectivity index (χ1v) is 5.83. The molecule has 0 fully saturated rings. The smallest absolute Gasteiger partial charge is 0.337 e. The highest BCUT2D eigenvalue weighted by Gasteiger charge is 2.06. The molecule has 1 aromatic heterocycles. The molecule has 0 radical (unpaired) electrons. The molecule has 0 amide bonds. The molecule has 0 atom stereocenters. The zero-order valence-electron chi connectivity index (χ0n) is 10.8. The van der Waals surface area contributed by atoms with Crippen LogP contribution < -0.4 is 4.74 Å². The summed E-state index contributed by atoms with van der Waals surface area (Å²) in [6.45, 7) is 0.802. The third-order valence-electron chi connectivity index (χ3n) is 2.48. The quantitative estimate of drug-likeness (QED) is 0.755. The van der Waals surface area contributed by atoms with Crippen LogP contribution in [0.3, 0.4) is 0 Å². The van der Waals surface area contributed by atoms with E-state index in [0.717, 1.165) is 0 Å². The number of hydrogen-bond donors (Lipinski definition) is 0. The van der Waals surface area contributed by atoms with Crippen molar-refractivity contribution in [2.24, 2.45) is 0 Å². The van der Waals surface area contributed by atoms with Gasteiger partial charge in [-0.3, -0.25) is 0 Å². The minimum Gasteiger partial charge on any atom is -0.492 e. The second kappa shape index (κ2) is 6.33. The predicted molar refractivity (Wildman–Crippen MR) is 68.0 cm³/mol. The summed E-state index contributed by atoms with van der Waals surface area (Å²) in [5.74, 6) is 0.275. The van der Waals surface area contributed by atoms with Crippen molar-refractivity contribution >= 4 is 5.97 Å². The first-order chi connectivity index (χ1) is 9.72. The minimum absolute atomic E-state index is 0.123. The maximum Gasteiger partial charge on any atom is 0.337 e. The highest BCUT2D eigenvalue weighted by molar-refractivity contribution is 5.89. The normalized spacial score (nSPS) is 9.80. The Kier molecular flexibility index (Phi) is 4.29. The van der Waals surface area contributed by atoms with Crippen LogP contribution in [-0.2, 0) is 11.3 Å². The van der Waals surface area contributed by atoms with Crippen LogP contribution in [0.1, 0.15) is 16.2 Å². The lowest BCUT2D eigenvalue weighted by atomic mass is 10.2. The van der Waals surface area contributed by atoms with Gasteiger partial charge >= 0.3 is 5.97 Å². The van der Waals surface area contributed by atoms with E-state index < -0.39 is 5.97 Å². The number of rotatable bonds is 5. The van der Waals surface area contributed by atoms with E-state index in [9.17, 15) is 4.79 Å². The van der Waals surface area contributed by atoms with Crippen molar-refractivity contribution in [1.29, 1.82) is 5.26 Å². The van der Waals surface area contributed by atoms with E-state index in [-0.39, 0.29) is 5.82 Å². The van der Waals surface area contributed by atoms with Crippen LogP contribution in [-0.4, -0.2) is 34.5 Å². The second-order valence-corrected chi connectivity index (χ2v) is 3.81. The Morgan fingerprint density at radius 2 is 2.35 bits per heavy atom. The summed E-state index contributed by atoms with van der Waals surface area (Å²) in [6.07, 6.45) is 1.47. The second-order valence-electron chi connectivity index (χ2n) is 3.81. The maximum atomic E-state index is 11.4. The van der Waals surface area contributed by atoms with E-state index >= 15 is 0 Å². The van der Waals surface area contributed by atoms with Crippen molar-refractivity contribution in [3.63, 3.8) is 0 Å². The molecular weight excluding hydrogens is 260 g/mol. The molecule has 102 valence electrons. The SMILES string of the molecule is COC(=O)c1cccc(OCCn2cnc(C#N)n2)c1. The summed E-state index contributed by atoms with van der Waals surface area (Å²) in [6, 6.07) is 8.56. The number of nitrogens with zero attached hydrogens (tertiary/aromatic N) is 4. The zero-order chi connectivity index (χ0) is 14.4. The highest BCUT2D eigenvalue weighted by atomic mass is 16.5. The molecule has 20 heavy (non-hydrogen) atoms. The van der Waals surface area contributed by atoms with Gasteiger partial charge in [-0.2, -0.15) is 5.26 Å². The van der Waals surface area contributed by atoms with Crippen molar-refractivity contribution in [2.45, 2.75) is 6.54 Å². The first kappa shape index (κ1) is 13.5. The van der Waals surface area contributed by atoms with Gasteiger partial charge in [0.2, 0.25) is 0 Å². The molecule has 0 saturated heterocycles. The van der Waals surface area contributed by atoms with Gasteiger partial charge in [0.1, 0.15) is 24.8 Å². The lowest BCUT2D eigenvalue weighted by Crippen LogP contribution is -2.09. The Morgan fingerprint density at radius 1 is 1.50 bits per heavy atom. The van der Waals surface area contributed by atoms with Crippen LogP contribution in [0.25, 0.3) is 0 Å². The molecule has 0 saturated carbocycles. The van der Waals surface area contributed by atoms with Gasteiger partial charge in [-0.05, 0) is 18.2 Å². The average Bonchev–Trinajstić information content (AvgIpc) is 2.95. The minimum atomic E-state index is -0.412.